The minimum absolute atomic E-state index is 0.183. The second-order valence-corrected chi connectivity index (χ2v) is 12.9. The van der Waals surface area contributed by atoms with E-state index in [2.05, 4.69) is 15.7 Å². The fraction of sp³-hybridized carbons (Fsp3) is 0.270. The molecule has 262 valence electrons. The van der Waals surface area contributed by atoms with Gasteiger partial charge in [0.1, 0.15) is 17.6 Å². The first-order chi connectivity index (χ1) is 23.5. The van der Waals surface area contributed by atoms with Gasteiger partial charge in [-0.15, -0.1) is 0 Å². The average molecular weight is 692 g/mol. The number of carbonyl (C=O) groups is 2. The number of hydrogen-bond donors (Lipinski definition) is 4. The standard InChI is InChI=1S/C37H37F4N5O4/c1-22-15-29(43-21-36(49,37(39,40)41)20-35(2,3)28-18-25(38)13-14-31(28)50-4)27-19-44-46(30(27)16-22)26-12-8-11-24(17-26)34(48)45-32(33(42)47)23-9-6-5-7-10-23/h5-19,32,43,49H,20-21H2,1-4H3,(H2,42,47)(H,45,48)/t32-,36?/m1/s1. The van der Waals surface area contributed by atoms with Crippen LogP contribution in [0.2, 0.25) is 0 Å². The van der Waals surface area contributed by atoms with Gasteiger partial charge in [0.2, 0.25) is 5.91 Å². The highest BCUT2D eigenvalue weighted by atomic mass is 19.4. The van der Waals surface area contributed by atoms with E-state index in [-0.39, 0.29) is 22.6 Å². The molecule has 1 heterocycles. The van der Waals surface area contributed by atoms with E-state index < -0.39 is 53.8 Å². The number of ether oxygens (including phenoxy) is 1. The van der Waals surface area contributed by atoms with Crippen LogP contribution in [0.25, 0.3) is 16.6 Å². The zero-order valence-electron chi connectivity index (χ0n) is 27.8. The van der Waals surface area contributed by atoms with Crippen LogP contribution in [-0.2, 0) is 10.2 Å². The largest absolute Gasteiger partial charge is 0.496 e. The maximum Gasteiger partial charge on any atom is 0.418 e. The zero-order valence-corrected chi connectivity index (χ0v) is 27.8. The number of aliphatic hydroxyl groups is 1. The van der Waals surface area contributed by atoms with Gasteiger partial charge in [-0.3, -0.25) is 9.59 Å². The molecule has 0 fully saturated rings. The molecule has 5 N–H and O–H groups in total. The number of carbonyl (C=O) groups excluding carboxylic acids is 2. The molecule has 0 bridgehead atoms. The predicted molar refractivity (Wildman–Crippen MR) is 182 cm³/mol. The number of nitrogens with two attached hydrogens (primary N) is 1. The van der Waals surface area contributed by atoms with Crippen molar-refractivity contribution in [2.24, 2.45) is 5.73 Å². The lowest BCUT2D eigenvalue weighted by molar-refractivity contribution is -0.260. The number of benzene rings is 4. The molecule has 13 heteroatoms. The number of halogens is 4. The molecule has 5 aromatic rings. The van der Waals surface area contributed by atoms with Crippen LogP contribution in [0.3, 0.4) is 0 Å². The van der Waals surface area contributed by atoms with Crippen LogP contribution < -0.4 is 21.1 Å². The van der Waals surface area contributed by atoms with Crippen LogP contribution in [0.5, 0.6) is 5.75 Å². The van der Waals surface area contributed by atoms with Gasteiger partial charge < -0.3 is 26.2 Å². The number of fused-ring (bicyclic) bond motifs is 1. The summed E-state index contributed by atoms with van der Waals surface area (Å²) in [5, 5.41) is 21.6. The Bertz CT molecular complexity index is 2030. The third-order valence-corrected chi connectivity index (χ3v) is 8.60. The first-order valence-corrected chi connectivity index (χ1v) is 15.6. The summed E-state index contributed by atoms with van der Waals surface area (Å²) in [6, 6.07) is 21.0. The van der Waals surface area contributed by atoms with E-state index in [1.165, 1.54) is 37.9 Å². The fourth-order valence-corrected chi connectivity index (χ4v) is 6.12. The van der Waals surface area contributed by atoms with Gasteiger partial charge in [0.25, 0.3) is 5.91 Å². The SMILES string of the molecule is COc1ccc(F)cc1C(C)(C)CC(O)(CNc1cc(C)cc2c1cnn2-c1cccc(C(=O)N[C@@H](C(N)=O)c2ccccc2)c1)C(F)(F)F. The van der Waals surface area contributed by atoms with Gasteiger partial charge in [-0.25, -0.2) is 9.07 Å². The van der Waals surface area contributed by atoms with Crippen molar-refractivity contribution < 1.29 is 37.0 Å². The summed E-state index contributed by atoms with van der Waals surface area (Å²) in [4.78, 5) is 25.4. The lowest BCUT2D eigenvalue weighted by Gasteiger charge is -2.38. The molecule has 50 heavy (non-hydrogen) atoms. The van der Waals surface area contributed by atoms with Crippen molar-refractivity contribution in [1.82, 2.24) is 15.1 Å². The monoisotopic (exact) mass is 691 g/mol. The number of hydrogen-bond acceptors (Lipinski definition) is 6. The highest BCUT2D eigenvalue weighted by molar-refractivity contribution is 5.98. The van der Waals surface area contributed by atoms with Gasteiger partial charge in [-0.1, -0.05) is 50.2 Å². The molecule has 4 aromatic carbocycles. The molecule has 1 unspecified atom stereocenters. The van der Waals surface area contributed by atoms with Crippen LogP contribution in [0.4, 0.5) is 23.2 Å². The Balaban J connectivity index is 1.43. The van der Waals surface area contributed by atoms with Crippen molar-refractivity contribution in [2.45, 2.75) is 50.4 Å². The summed E-state index contributed by atoms with van der Waals surface area (Å²) in [5.74, 6) is -1.73. The van der Waals surface area contributed by atoms with E-state index in [1.54, 1.807) is 73.7 Å². The molecular weight excluding hydrogens is 654 g/mol. The van der Waals surface area contributed by atoms with Crippen molar-refractivity contribution >= 4 is 28.4 Å². The predicted octanol–water partition coefficient (Wildman–Crippen LogP) is 6.51. The first kappa shape index (κ1) is 35.9. The van der Waals surface area contributed by atoms with Gasteiger partial charge in [0.05, 0.1) is 31.1 Å². The Kier molecular flexibility index (Phi) is 9.92. The van der Waals surface area contributed by atoms with Crippen LogP contribution >= 0.6 is 0 Å². The Morgan fingerprint density at radius 2 is 1.72 bits per heavy atom. The van der Waals surface area contributed by atoms with Crippen molar-refractivity contribution in [3.63, 3.8) is 0 Å². The summed E-state index contributed by atoms with van der Waals surface area (Å²) >= 11 is 0. The molecule has 0 aliphatic carbocycles. The third-order valence-electron chi connectivity index (χ3n) is 8.60. The molecule has 2 amide bonds. The van der Waals surface area contributed by atoms with Crippen molar-refractivity contribution in [3.05, 3.63) is 119 Å². The summed E-state index contributed by atoms with van der Waals surface area (Å²) in [6.45, 7) is 3.81. The molecule has 0 saturated carbocycles. The maximum absolute atomic E-state index is 14.6. The van der Waals surface area contributed by atoms with Gasteiger partial charge >= 0.3 is 6.18 Å². The lowest BCUT2D eigenvalue weighted by Crippen LogP contribution is -2.53. The van der Waals surface area contributed by atoms with Crippen LogP contribution in [-0.4, -0.2) is 52.1 Å². The number of aromatic nitrogens is 2. The quantitative estimate of drug-likeness (QED) is 0.110. The highest BCUT2D eigenvalue weighted by Gasteiger charge is 2.56. The molecule has 0 spiro atoms. The van der Waals surface area contributed by atoms with Gasteiger partial charge in [0, 0.05) is 22.2 Å². The molecule has 0 radical (unpaired) electrons. The summed E-state index contributed by atoms with van der Waals surface area (Å²) in [6.07, 6.45) is -4.39. The van der Waals surface area contributed by atoms with Crippen molar-refractivity contribution in [3.8, 4) is 11.4 Å². The number of methoxy groups -OCH3 is 1. The zero-order chi connectivity index (χ0) is 36.4. The molecule has 2 atom stereocenters. The highest BCUT2D eigenvalue weighted by Crippen LogP contribution is 2.44. The first-order valence-electron chi connectivity index (χ1n) is 15.6. The van der Waals surface area contributed by atoms with Gasteiger partial charge in [-0.2, -0.15) is 18.3 Å². The van der Waals surface area contributed by atoms with E-state index in [0.717, 1.165) is 12.1 Å². The van der Waals surface area contributed by atoms with E-state index in [0.29, 0.717) is 27.7 Å². The number of nitrogens with zero attached hydrogens (tertiary/aromatic N) is 2. The number of aryl methyl sites for hydroxylation is 1. The van der Waals surface area contributed by atoms with Crippen molar-refractivity contribution in [1.29, 1.82) is 0 Å². The van der Waals surface area contributed by atoms with E-state index in [4.69, 9.17) is 10.5 Å². The second kappa shape index (κ2) is 13.8. The van der Waals surface area contributed by atoms with Crippen LogP contribution in [0, 0.1) is 12.7 Å². The van der Waals surface area contributed by atoms with E-state index in [9.17, 15) is 32.3 Å². The number of primary amides is 1. The summed E-state index contributed by atoms with van der Waals surface area (Å²) < 4.78 is 64.7. The van der Waals surface area contributed by atoms with E-state index in [1.807, 2.05) is 0 Å². The summed E-state index contributed by atoms with van der Waals surface area (Å²) in [7, 11) is 1.34. The number of rotatable bonds is 12. The molecular formula is C37H37F4N5O4. The van der Waals surface area contributed by atoms with Crippen LogP contribution in [0.1, 0.15) is 53.4 Å². The smallest absolute Gasteiger partial charge is 0.418 e. The average Bonchev–Trinajstić information content (AvgIpc) is 3.49. The Labute approximate surface area is 286 Å². The fourth-order valence-electron chi connectivity index (χ4n) is 6.12. The summed E-state index contributed by atoms with van der Waals surface area (Å²) in [5.41, 5.74) is 3.86. The molecule has 0 aliphatic rings. The van der Waals surface area contributed by atoms with E-state index >= 15 is 0 Å². The minimum atomic E-state index is -5.06. The Morgan fingerprint density at radius 1 is 1.00 bits per heavy atom. The number of nitrogens with one attached hydrogen (secondary N) is 2. The maximum atomic E-state index is 14.6. The van der Waals surface area contributed by atoms with Crippen LogP contribution in [0.15, 0.2) is 91.1 Å². The lowest BCUT2D eigenvalue weighted by atomic mass is 9.74. The minimum Gasteiger partial charge on any atom is -0.496 e. The molecule has 5 rings (SSSR count). The number of amides is 2. The number of alkyl halides is 3. The molecule has 0 aliphatic heterocycles. The normalized spacial score (nSPS) is 13.8. The second-order valence-electron chi connectivity index (χ2n) is 12.9. The molecule has 9 nitrogen and oxygen atoms in total. The third kappa shape index (κ3) is 7.42. The molecule has 0 saturated heterocycles. The van der Waals surface area contributed by atoms with Gasteiger partial charge in [-0.05, 0) is 78.4 Å². The Hall–Kier alpha value is -5.43. The number of anilines is 1. The Morgan fingerprint density at radius 3 is 2.38 bits per heavy atom. The van der Waals surface area contributed by atoms with Gasteiger partial charge in [0.15, 0.2) is 5.60 Å². The molecule has 1 aromatic heterocycles. The topological polar surface area (TPSA) is 132 Å². The van der Waals surface area contributed by atoms with Crippen molar-refractivity contribution in [2.75, 3.05) is 19.0 Å².